The molecule has 0 unspecified atom stereocenters. The summed E-state index contributed by atoms with van der Waals surface area (Å²) in [5.41, 5.74) is 0. The Labute approximate surface area is 148 Å². The average molecular weight is 357 g/mol. The highest BCUT2D eigenvalue weighted by Crippen LogP contribution is 1.70. The lowest BCUT2D eigenvalue weighted by molar-refractivity contribution is -0.141. The molecule has 0 aromatic heterocycles. The van der Waals surface area contributed by atoms with Gasteiger partial charge in [-0.05, 0) is 55.4 Å². The Bertz CT molecular complexity index is 201. The van der Waals surface area contributed by atoms with E-state index in [0.717, 1.165) is 0 Å². The molecule has 0 aromatic rings. The molecule has 0 rings (SSSR count). The van der Waals surface area contributed by atoms with Gasteiger partial charge in [0.1, 0.15) is 0 Å². The number of aliphatic hydroxyl groups is 3. The van der Waals surface area contributed by atoms with Crippen LogP contribution in [0.2, 0.25) is 0 Å². The summed E-state index contributed by atoms with van der Waals surface area (Å²) in [6.45, 7) is 17.6. The topological polar surface area (TPSA) is 113 Å². The lowest BCUT2D eigenvalue weighted by atomic mass is 10.5. The maximum Gasteiger partial charge on any atom is 0.302 e. The van der Waals surface area contributed by atoms with Crippen LogP contribution in [-0.4, -0.2) is 58.8 Å². The van der Waals surface area contributed by atoms with Crippen LogP contribution >= 0.6 is 0 Å². The molecule has 24 heavy (non-hydrogen) atoms. The Balaban J connectivity index is -0.0000000637. The van der Waals surface area contributed by atoms with Crippen molar-refractivity contribution in [1.29, 1.82) is 0 Å². The van der Waals surface area contributed by atoms with Crippen LogP contribution < -0.4 is 0 Å². The average Bonchev–Trinajstić information content (AvgIpc) is 2.26. The smallest absolute Gasteiger partial charge is 0.302 e. The highest BCUT2D eigenvalue weighted by atomic mass is 16.5. The highest BCUT2D eigenvalue weighted by molar-refractivity contribution is 5.66. The Morgan fingerprint density at radius 1 is 0.667 bits per heavy atom. The molecule has 7 heteroatoms. The molecule has 0 saturated heterocycles. The second-order valence-electron chi connectivity index (χ2n) is 5.13. The second kappa shape index (κ2) is 29.8. The van der Waals surface area contributed by atoms with Crippen molar-refractivity contribution in [3.63, 3.8) is 0 Å². The summed E-state index contributed by atoms with van der Waals surface area (Å²) < 4.78 is 8.81. The van der Waals surface area contributed by atoms with Crippen molar-refractivity contribution >= 4 is 11.9 Å². The van der Waals surface area contributed by atoms with Gasteiger partial charge in [0.2, 0.25) is 0 Å². The minimum absolute atomic E-state index is 0.167. The second-order valence-corrected chi connectivity index (χ2v) is 5.13. The number of hydrogen-bond acceptors (Lipinski definition) is 7. The monoisotopic (exact) mass is 356 g/mol. The highest BCUT2D eigenvalue weighted by Gasteiger charge is 1.82. The van der Waals surface area contributed by atoms with Crippen molar-refractivity contribution < 1.29 is 34.4 Å². The molecule has 0 aliphatic carbocycles. The van der Waals surface area contributed by atoms with Crippen LogP contribution in [0.15, 0.2) is 0 Å². The Hall–Kier alpha value is -1.18. The number of hydrogen-bond donors (Lipinski definition) is 3. The number of ether oxygens (including phenoxy) is 2. The van der Waals surface area contributed by atoms with E-state index in [1.807, 2.05) is 0 Å². The van der Waals surface area contributed by atoms with Gasteiger partial charge in [-0.2, -0.15) is 0 Å². The van der Waals surface area contributed by atoms with E-state index < -0.39 is 0 Å². The molecule has 150 valence electrons. The van der Waals surface area contributed by atoms with Crippen molar-refractivity contribution in [1.82, 2.24) is 0 Å². The predicted molar refractivity (Wildman–Crippen MR) is 96.7 cm³/mol. The van der Waals surface area contributed by atoms with E-state index in [0.29, 0.717) is 13.2 Å². The standard InChI is InChI=1S/2C4H8O2.3C3H8O/c2*1-3-6-4(2)5;3*1-3(2)4/h2*3H2,1-2H3;3*3-4H,1-2H3. The van der Waals surface area contributed by atoms with Gasteiger partial charge in [0, 0.05) is 32.2 Å². The third kappa shape index (κ3) is 352. The molecule has 7 nitrogen and oxygen atoms in total. The molecule has 0 heterocycles. The Kier molecular flexibility index (Phi) is 42.5. The van der Waals surface area contributed by atoms with Crippen LogP contribution in [0.25, 0.3) is 0 Å². The molecule has 0 saturated carbocycles. The summed E-state index contributed by atoms with van der Waals surface area (Å²) in [6.07, 6.45) is -0.500. The fourth-order valence-electron chi connectivity index (χ4n) is 0.407. The van der Waals surface area contributed by atoms with Crippen LogP contribution in [0.4, 0.5) is 0 Å². The van der Waals surface area contributed by atoms with E-state index in [1.54, 1.807) is 55.4 Å². The zero-order valence-electron chi connectivity index (χ0n) is 17.1. The van der Waals surface area contributed by atoms with E-state index in [9.17, 15) is 9.59 Å². The molecule has 0 atom stereocenters. The number of aliphatic hydroxyl groups excluding tert-OH is 3. The van der Waals surface area contributed by atoms with Crippen LogP contribution in [0.5, 0.6) is 0 Å². The molecule has 0 amide bonds. The first-order chi connectivity index (χ1) is 10.7. The number of carbonyl (C=O) groups excluding carboxylic acids is 2. The molecule has 0 fully saturated rings. The molecule has 0 aliphatic heterocycles. The third-order valence-electron chi connectivity index (χ3n) is 0.695. The SMILES string of the molecule is CC(C)O.CC(C)O.CC(C)O.CCOC(C)=O.CCOC(C)=O. The van der Waals surface area contributed by atoms with Crippen molar-refractivity contribution in [2.45, 2.75) is 87.5 Å². The zero-order chi connectivity index (χ0) is 20.7. The third-order valence-corrected chi connectivity index (χ3v) is 0.695. The molecule has 0 radical (unpaired) electrons. The van der Waals surface area contributed by atoms with Crippen molar-refractivity contribution in [2.75, 3.05) is 13.2 Å². The van der Waals surface area contributed by atoms with Crippen LogP contribution in [-0.2, 0) is 19.1 Å². The summed E-state index contributed by atoms with van der Waals surface area (Å²) in [6, 6.07) is 0. The van der Waals surface area contributed by atoms with E-state index in [2.05, 4.69) is 9.47 Å². The summed E-state index contributed by atoms with van der Waals surface area (Å²) in [4.78, 5) is 19.6. The molecule has 0 spiro atoms. The van der Waals surface area contributed by atoms with E-state index >= 15 is 0 Å². The fraction of sp³-hybridized carbons (Fsp3) is 0.882. The van der Waals surface area contributed by atoms with Gasteiger partial charge in [0.25, 0.3) is 0 Å². The summed E-state index contributed by atoms with van der Waals surface area (Å²) in [5.74, 6) is -0.421. The fourth-order valence-corrected chi connectivity index (χ4v) is 0.407. The van der Waals surface area contributed by atoms with Gasteiger partial charge < -0.3 is 24.8 Å². The van der Waals surface area contributed by atoms with Gasteiger partial charge in [-0.25, -0.2) is 0 Å². The zero-order valence-corrected chi connectivity index (χ0v) is 17.1. The van der Waals surface area contributed by atoms with E-state index in [1.165, 1.54) is 13.8 Å². The molecular weight excluding hydrogens is 316 g/mol. The lowest BCUT2D eigenvalue weighted by Gasteiger charge is -1.89. The molecule has 3 N–H and O–H groups in total. The van der Waals surface area contributed by atoms with Crippen LogP contribution in [0.3, 0.4) is 0 Å². The summed E-state index contributed by atoms with van der Waals surface area (Å²) in [5, 5.41) is 24.2. The van der Waals surface area contributed by atoms with E-state index in [-0.39, 0.29) is 30.3 Å². The molecular formula is C17H40O7. The molecule has 0 aliphatic rings. The minimum atomic E-state index is -0.211. The molecule has 0 aromatic carbocycles. The van der Waals surface area contributed by atoms with Crippen molar-refractivity contribution in [3.8, 4) is 0 Å². The first-order valence-electron chi connectivity index (χ1n) is 8.05. The number of carbonyl (C=O) groups is 2. The van der Waals surface area contributed by atoms with Gasteiger partial charge in [-0.3, -0.25) is 9.59 Å². The summed E-state index contributed by atoms with van der Waals surface area (Å²) in [7, 11) is 0. The van der Waals surface area contributed by atoms with Crippen LogP contribution in [0.1, 0.15) is 69.2 Å². The first kappa shape index (κ1) is 34.2. The van der Waals surface area contributed by atoms with Gasteiger partial charge in [0.15, 0.2) is 0 Å². The maximum absolute atomic E-state index is 9.82. The minimum Gasteiger partial charge on any atom is -0.466 e. The first-order valence-corrected chi connectivity index (χ1v) is 8.05. The van der Waals surface area contributed by atoms with Gasteiger partial charge in [0.05, 0.1) is 13.2 Å². The quantitative estimate of drug-likeness (QED) is 0.651. The lowest BCUT2D eigenvalue weighted by Crippen LogP contribution is -1.95. The normalized spacial score (nSPS) is 8.33. The number of esters is 2. The van der Waals surface area contributed by atoms with Gasteiger partial charge in [-0.15, -0.1) is 0 Å². The largest absolute Gasteiger partial charge is 0.466 e. The van der Waals surface area contributed by atoms with Crippen molar-refractivity contribution in [3.05, 3.63) is 0 Å². The number of rotatable bonds is 2. The van der Waals surface area contributed by atoms with Gasteiger partial charge >= 0.3 is 11.9 Å². The predicted octanol–water partition coefficient (Wildman–Crippen LogP) is 2.30. The summed E-state index contributed by atoms with van der Waals surface area (Å²) >= 11 is 0. The van der Waals surface area contributed by atoms with Crippen LogP contribution in [0, 0.1) is 0 Å². The van der Waals surface area contributed by atoms with E-state index in [4.69, 9.17) is 15.3 Å². The Morgan fingerprint density at radius 2 is 0.792 bits per heavy atom. The maximum atomic E-state index is 9.82. The van der Waals surface area contributed by atoms with Gasteiger partial charge in [-0.1, -0.05) is 0 Å². The Morgan fingerprint density at radius 3 is 0.792 bits per heavy atom. The van der Waals surface area contributed by atoms with Crippen molar-refractivity contribution in [2.24, 2.45) is 0 Å². The molecule has 0 bridgehead atoms.